The van der Waals surface area contributed by atoms with Crippen molar-refractivity contribution in [1.82, 2.24) is 10.3 Å². The third-order valence-corrected chi connectivity index (χ3v) is 3.96. The Labute approximate surface area is 171 Å². The van der Waals surface area contributed by atoms with Gasteiger partial charge in [-0.1, -0.05) is 18.2 Å². The summed E-state index contributed by atoms with van der Waals surface area (Å²) in [6, 6.07) is 13.2. The molecule has 7 nitrogen and oxygen atoms in total. The van der Waals surface area contributed by atoms with E-state index in [0.29, 0.717) is 17.9 Å². The van der Waals surface area contributed by atoms with Crippen molar-refractivity contribution in [3.8, 4) is 0 Å². The van der Waals surface area contributed by atoms with Crippen LogP contribution in [-0.4, -0.2) is 23.5 Å². The Hall–Kier alpha value is -4.01. The smallest absolute Gasteiger partial charge is 0.320 e. The number of hydrogen-bond acceptors (Lipinski definition) is 4. The number of nitrogens with zero attached hydrogens (tertiary/aromatic N) is 1. The highest BCUT2D eigenvalue weighted by atomic mass is 19.2. The number of pyridine rings is 1. The monoisotopic (exact) mass is 411 g/mol. The minimum Gasteiger partial charge on any atom is -0.355 e. The molecule has 0 aliphatic rings. The summed E-state index contributed by atoms with van der Waals surface area (Å²) in [4.78, 5) is 28.6. The van der Waals surface area contributed by atoms with Crippen LogP contribution in [-0.2, 0) is 0 Å². The zero-order valence-corrected chi connectivity index (χ0v) is 16.0. The Morgan fingerprint density at radius 1 is 0.933 bits per heavy atom. The number of benzene rings is 2. The van der Waals surface area contributed by atoms with E-state index < -0.39 is 23.6 Å². The van der Waals surface area contributed by atoms with Crippen LogP contribution in [0.1, 0.15) is 17.3 Å². The van der Waals surface area contributed by atoms with Crippen LogP contribution in [0.25, 0.3) is 0 Å². The summed E-state index contributed by atoms with van der Waals surface area (Å²) in [5, 5.41) is 10.8. The molecule has 4 N–H and O–H groups in total. The lowest BCUT2D eigenvalue weighted by Crippen LogP contribution is -2.28. The lowest BCUT2D eigenvalue weighted by molar-refractivity contribution is 0.102. The number of para-hydroxylation sites is 1. The maximum Gasteiger partial charge on any atom is 0.320 e. The average Bonchev–Trinajstić information content (AvgIpc) is 2.72. The van der Waals surface area contributed by atoms with Crippen LogP contribution in [0.15, 0.2) is 60.8 Å². The lowest BCUT2D eigenvalue weighted by Gasteiger charge is -2.14. The van der Waals surface area contributed by atoms with Crippen LogP contribution < -0.4 is 21.3 Å². The SMILES string of the molecule is CCNC(=O)Nc1cc(Nc2ccccc2)c(C(=O)Nc2ccc(F)c(F)c2)cn1. The first kappa shape index (κ1) is 20.7. The molecule has 0 aliphatic heterocycles. The highest BCUT2D eigenvalue weighted by Crippen LogP contribution is 2.24. The molecule has 2 aromatic carbocycles. The number of nitrogens with one attached hydrogen (secondary N) is 4. The summed E-state index contributed by atoms with van der Waals surface area (Å²) in [6.45, 7) is 2.22. The zero-order valence-electron chi connectivity index (χ0n) is 16.0. The summed E-state index contributed by atoms with van der Waals surface area (Å²) in [5.41, 5.74) is 1.30. The van der Waals surface area contributed by atoms with Crippen molar-refractivity contribution in [3.05, 3.63) is 78.0 Å². The lowest BCUT2D eigenvalue weighted by atomic mass is 10.2. The molecular weight excluding hydrogens is 392 g/mol. The van der Waals surface area contributed by atoms with Crippen molar-refractivity contribution in [1.29, 1.82) is 0 Å². The topological polar surface area (TPSA) is 95.2 Å². The van der Waals surface area contributed by atoms with Gasteiger partial charge in [-0.3, -0.25) is 10.1 Å². The van der Waals surface area contributed by atoms with Crippen molar-refractivity contribution < 1.29 is 18.4 Å². The van der Waals surface area contributed by atoms with E-state index >= 15 is 0 Å². The quantitative estimate of drug-likeness (QED) is 0.480. The van der Waals surface area contributed by atoms with E-state index in [2.05, 4.69) is 26.3 Å². The van der Waals surface area contributed by atoms with E-state index in [4.69, 9.17) is 0 Å². The highest BCUT2D eigenvalue weighted by Gasteiger charge is 2.16. The molecular formula is C21H19F2N5O2. The Balaban J connectivity index is 1.89. The Bertz CT molecular complexity index is 1060. The van der Waals surface area contributed by atoms with Gasteiger partial charge < -0.3 is 16.0 Å². The van der Waals surface area contributed by atoms with Gasteiger partial charge in [-0.05, 0) is 31.2 Å². The molecule has 0 spiro atoms. The molecule has 0 unspecified atom stereocenters. The minimum absolute atomic E-state index is 0.0917. The predicted octanol–water partition coefficient (Wildman–Crippen LogP) is 4.50. The van der Waals surface area contributed by atoms with Crippen LogP contribution in [0, 0.1) is 11.6 Å². The zero-order chi connectivity index (χ0) is 21.5. The molecule has 1 aromatic heterocycles. The van der Waals surface area contributed by atoms with Gasteiger partial charge in [-0.2, -0.15) is 0 Å². The Kier molecular flexibility index (Phi) is 6.53. The third-order valence-electron chi connectivity index (χ3n) is 3.96. The van der Waals surface area contributed by atoms with Gasteiger partial charge in [-0.15, -0.1) is 0 Å². The number of aromatic nitrogens is 1. The third kappa shape index (κ3) is 5.28. The van der Waals surface area contributed by atoms with Crippen molar-refractivity contribution in [2.75, 3.05) is 22.5 Å². The molecule has 3 rings (SSSR count). The fraction of sp³-hybridized carbons (Fsp3) is 0.0952. The molecule has 1 heterocycles. The predicted molar refractivity (Wildman–Crippen MR) is 111 cm³/mol. The van der Waals surface area contributed by atoms with Crippen molar-refractivity contribution in [2.45, 2.75) is 6.92 Å². The van der Waals surface area contributed by atoms with Crippen molar-refractivity contribution in [3.63, 3.8) is 0 Å². The summed E-state index contributed by atoms with van der Waals surface area (Å²) in [5.74, 6) is -2.45. The molecule has 0 aliphatic carbocycles. The minimum atomic E-state index is -1.07. The molecule has 0 saturated carbocycles. The van der Waals surface area contributed by atoms with Gasteiger partial charge in [-0.25, -0.2) is 18.6 Å². The number of anilines is 4. The molecule has 3 amide bonds. The maximum atomic E-state index is 13.4. The number of carbonyl (C=O) groups excluding carboxylic acids is 2. The summed E-state index contributed by atoms with van der Waals surface area (Å²) in [7, 11) is 0. The normalized spacial score (nSPS) is 10.2. The van der Waals surface area contributed by atoms with E-state index in [1.54, 1.807) is 19.1 Å². The molecule has 0 bridgehead atoms. The van der Waals surface area contributed by atoms with E-state index in [1.807, 2.05) is 18.2 Å². The van der Waals surface area contributed by atoms with Gasteiger partial charge in [0.25, 0.3) is 5.91 Å². The molecule has 154 valence electrons. The number of amides is 3. The second-order valence-corrected chi connectivity index (χ2v) is 6.17. The van der Waals surface area contributed by atoms with E-state index in [1.165, 1.54) is 18.3 Å². The highest BCUT2D eigenvalue weighted by molar-refractivity contribution is 6.08. The van der Waals surface area contributed by atoms with Crippen LogP contribution in [0.5, 0.6) is 0 Å². The number of urea groups is 1. The molecule has 0 radical (unpaired) electrons. The molecule has 0 saturated heterocycles. The first-order valence-electron chi connectivity index (χ1n) is 9.09. The molecule has 30 heavy (non-hydrogen) atoms. The van der Waals surface area contributed by atoms with Crippen LogP contribution >= 0.6 is 0 Å². The van der Waals surface area contributed by atoms with Gasteiger partial charge >= 0.3 is 6.03 Å². The van der Waals surface area contributed by atoms with Crippen LogP contribution in [0.3, 0.4) is 0 Å². The standard InChI is InChI=1S/C21H19F2N5O2/c1-2-24-21(30)28-19-11-18(26-13-6-4-3-5-7-13)15(12-25-19)20(29)27-14-8-9-16(22)17(23)10-14/h3-12H,2H2,1H3,(H,27,29)(H3,24,25,26,28,30). The largest absolute Gasteiger partial charge is 0.355 e. The number of hydrogen-bond donors (Lipinski definition) is 4. The van der Waals surface area contributed by atoms with Gasteiger partial charge in [0.15, 0.2) is 11.6 Å². The fourth-order valence-electron chi connectivity index (χ4n) is 2.58. The molecule has 0 atom stereocenters. The summed E-state index contributed by atoms with van der Waals surface area (Å²) < 4.78 is 26.6. The fourth-order valence-corrected chi connectivity index (χ4v) is 2.58. The van der Waals surface area contributed by atoms with Crippen molar-refractivity contribution in [2.24, 2.45) is 0 Å². The molecule has 9 heteroatoms. The second kappa shape index (κ2) is 9.46. The van der Waals surface area contributed by atoms with E-state index in [9.17, 15) is 18.4 Å². The summed E-state index contributed by atoms with van der Waals surface area (Å²) in [6.07, 6.45) is 1.28. The van der Waals surface area contributed by atoms with Gasteiger partial charge in [0.1, 0.15) is 5.82 Å². The number of halogens is 2. The van der Waals surface area contributed by atoms with Gasteiger partial charge in [0, 0.05) is 36.2 Å². The second-order valence-electron chi connectivity index (χ2n) is 6.17. The molecule has 0 fully saturated rings. The molecule has 3 aromatic rings. The van der Waals surface area contributed by atoms with Crippen molar-refractivity contribution >= 4 is 34.8 Å². The Morgan fingerprint density at radius 2 is 1.70 bits per heavy atom. The average molecular weight is 411 g/mol. The first-order chi connectivity index (χ1) is 14.5. The van der Waals surface area contributed by atoms with E-state index in [-0.39, 0.29) is 17.1 Å². The maximum absolute atomic E-state index is 13.4. The van der Waals surface area contributed by atoms with Gasteiger partial charge in [0.2, 0.25) is 0 Å². The van der Waals surface area contributed by atoms with E-state index in [0.717, 1.165) is 12.1 Å². The number of carbonyl (C=O) groups is 2. The van der Waals surface area contributed by atoms with Crippen LogP contribution in [0.2, 0.25) is 0 Å². The Morgan fingerprint density at radius 3 is 2.40 bits per heavy atom. The first-order valence-corrected chi connectivity index (χ1v) is 9.09. The summed E-state index contributed by atoms with van der Waals surface area (Å²) >= 11 is 0. The number of rotatable bonds is 6. The van der Waals surface area contributed by atoms with Crippen LogP contribution in [0.4, 0.5) is 36.5 Å². The van der Waals surface area contributed by atoms with Gasteiger partial charge in [0.05, 0.1) is 11.3 Å².